The second kappa shape index (κ2) is 2.17. The molecule has 0 nitrogen and oxygen atoms in total. The second-order valence-corrected chi connectivity index (χ2v) is 8.07. The fourth-order valence-electron chi connectivity index (χ4n) is 6.03. The lowest BCUT2D eigenvalue weighted by molar-refractivity contribution is 0.177. The maximum Gasteiger partial charge on any atom is -0.0148 e. The average Bonchev–Trinajstić information content (AvgIpc) is 2.45. The van der Waals surface area contributed by atoms with Gasteiger partial charge in [0.15, 0.2) is 0 Å². The Hall–Kier alpha value is 0. The Morgan fingerprint density at radius 2 is 1.33 bits per heavy atom. The molecule has 0 aliphatic heterocycles. The fraction of sp³-hybridized carbons (Fsp3) is 1.00. The molecule has 0 saturated heterocycles. The van der Waals surface area contributed by atoms with Crippen LogP contribution in [0, 0.1) is 33.5 Å². The van der Waals surface area contributed by atoms with Gasteiger partial charge in [-0.3, -0.25) is 0 Å². The highest BCUT2D eigenvalue weighted by Gasteiger charge is 2.84. The molecule has 3 aliphatic carbocycles. The van der Waals surface area contributed by atoms with E-state index in [1.807, 2.05) is 0 Å². The first-order valence-electron chi connectivity index (χ1n) is 6.69. The van der Waals surface area contributed by atoms with E-state index < -0.39 is 0 Å². The van der Waals surface area contributed by atoms with Gasteiger partial charge in [0.05, 0.1) is 0 Å². The van der Waals surface area contributed by atoms with E-state index in [0.29, 0.717) is 21.7 Å². The first kappa shape index (κ1) is 10.2. The second-order valence-electron chi connectivity index (χ2n) is 8.07. The predicted molar refractivity (Wildman–Crippen MR) is 64.6 cm³/mol. The summed E-state index contributed by atoms with van der Waals surface area (Å²) in [5.74, 6) is 2.02. The molecule has 1 spiro atoms. The summed E-state index contributed by atoms with van der Waals surface area (Å²) < 4.78 is 0. The van der Waals surface area contributed by atoms with Gasteiger partial charge in [-0.1, -0.05) is 41.5 Å². The Bertz CT molecular complexity index is 305. The molecule has 3 saturated carbocycles. The minimum Gasteiger partial charge on any atom is -0.0594 e. The van der Waals surface area contributed by atoms with Crippen LogP contribution in [-0.4, -0.2) is 0 Å². The maximum absolute atomic E-state index is 2.54. The van der Waals surface area contributed by atoms with Crippen LogP contribution in [0.2, 0.25) is 0 Å². The van der Waals surface area contributed by atoms with Crippen molar-refractivity contribution in [3.8, 4) is 0 Å². The lowest BCUT2D eigenvalue weighted by Gasteiger charge is -2.30. The Kier molecular flexibility index (Phi) is 1.47. The average molecular weight is 206 g/mol. The number of hydrogen-bond acceptors (Lipinski definition) is 0. The van der Waals surface area contributed by atoms with Gasteiger partial charge in [-0.05, 0) is 52.8 Å². The molecule has 15 heavy (non-hydrogen) atoms. The summed E-state index contributed by atoms with van der Waals surface area (Å²) in [7, 11) is 0. The van der Waals surface area contributed by atoms with Crippen LogP contribution in [0.25, 0.3) is 0 Å². The van der Waals surface area contributed by atoms with Gasteiger partial charge >= 0.3 is 0 Å². The number of fused-ring (bicyclic) bond motifs is 3. The molecule has 0 N–H and O–H groups in total. The van der Waals surface area contributed by atoms with Gasteiger partial charge in [0.25, 0.3) is 0 Å². The summed E-state index contributed by atoms with van der Waals surface area (Å²) in [6, 6.07) is 0. The van der Waals surface area contributed by atoms with Crippen LogP contribution in [0.1, 0.15) is 60.8 Å². The zero-order valence-corrected chi connectivity index (χ0v) is 11.3. The minimum absolute atomic E-state index is 0.580. The fourth-order valence-corrected chi connectivity index (χ4v) is 6.03. The molecule has 2 atom stereocenters. The van der Waals surface area contributed by atoms with Gasteiger partial charge in [0, 0.05) is 0 Å². The zero-order valence-electron chi connectivity index (χ0n) is 11.3. The summed E-state index contributed by atoms with van der Waals surface area (Å²) in [5.41, 5.74) is 2.48. The van der Waals surface area contributed by atoms with Crippen LogP contribution in [0.4, 0.5) is 0 Å². The van der Waals surface area contributed by atoms with E-state index in [1.54, 1.807) is 0 Å². The first-order chi connectivity index (χ1) is 6.69. The molecule has 0 aromatic rings. The maximum atomic E-state index is 2.54. The lowest BCUT2D eigenvalue weighted by atomic mass is 9.74. The third kappa shape index (κ3) is 0.718. The highest BCUT2D eigenvalue weighted by atomic mass is 14.9. The molecule has 2 bridgehead atoms. The minimum atomic E-state index is 0.580. The van der Waals surface area contributed by atoms with Gasteiger partial charge in [-0.15, -0.1) is 0 Å². The molecule has 0 radical (unpaired) electrons. The molecule has 0 aromatic carbocycles. The van der Waals surface area contributed by atoms with Crippen molar-refractivity contribution in [2.45, 2.75) is 60.8 Å². The summed E-state index contributed by atoms with van der Waals surface area (Å²) in [6.45, 7) is 15.1. The number of hydrogen-bond donors (Lipinski definition) is 0. The molecule has 0 aromatic heterocycles. The van der Waals surface area contributed by atoms with Crippen LogP contribution < -0.4 is 0 Å². The van der Waals surface area contributed by atoms with E-state index in [0.717, 1.165) is 11.8 Å². The number of rotatable bonds is 0. The molecular formula is C15H26. The van der Waals surface area contributed by atoms with Crippen molar-refractivity contribution in [3.05, 3.63) is 0 Å². The third-order valence-electron chi connectivity index (χ3n) is 7.65. The van der Waals surface area contributed by atoms with E-state index in [9.17, 15) is 0 Å². The van der Waals surface area contributed by atoms with E-state index in [2.05, 4.69) is 41.5 Å². The summed E-state index contributed by atoms with van der Waals surface area (Å²) in [6.07, 6.45) is 4.53. The summed E-state index contributed by atoms with van der Waals surface area (Å²) in [4.78, 5) is 0. The van der Waals surface area contributed by atoms with Gasteiger partial charge < -0.3 is 0 Å². The van der Waals surface area contributed by atoms with Crippen LogP contribution in [-0.2, 0) is 0 Å². The van der Waals surface area contributed by atoms with E-state index in [-0.39, 0.29) is 0 Å². The molecule has 3 aliphatic rings. The molecule has 3 fully saturated rings. The zero-order chi connectivity index (χ0) is 11.3. The Morgan fingerprint density at radius 1 is 0.800 bits per heavy atom. The molecular weight excluding hydrogens is 180 g/mol. The standard InChI is InChI=1S/C15H26/c1-12(2)10-7-8-11(12)15(9-10)13(3,4)14(15,5)6/h10-11H,7-9H2,1-6H3. The topological polar surface area (TPSA) is 0 Å². The normalized spacial score (nSPS) is 46.0. The molecule has 0 amide bonds. The van der Waals surface area contributed by atoms with Gasteiger partial charge in [-0.2, -0.15) is 0 Å². The SMILES string of the molecule is CC1(C)C2CCC1C1(C2)C(C)(C)C1(C)C. The molecule has 3 rings (SSSR count). The van der Waals surface area contributed by atoms with Crippen LogP contribution in [0.3, 0.4) is 0 Å². The molecule has 0 heteroatoms. The first-order valence-corrected chi connectivity index (χ1v) is 6.69. The Labute approximate surface area is 94.8 Å². The van der Waals surface area contributed by atoms with Crippen molar-refractivity contribution in [3.63, 3.8) is 0 Å². The van der Waals surface area contributed by atoms with Gasteiger partial charge in [0.1, 0.15) is 0 Å². The lowest BCUT2D eigenvalue weighted by Crippen LogP contribution is -2.24. The van der Waals surface area contributed by atoms with Crippen LogP contribution >= 0.6 is 0 Å². The van der Waals surface area contributed by atoms with E-state index in [1.165, 1.54) is 19.3 Å². The largest absolute Gasteiger partial charge is 0.0594 e. The monoisotopic (exact) mass is 206 g/mol. The van der Waals surface area contributed by atoms with Crippen molar-refractivity contribution >= 4 is 0 Å². The van der Waals surface area contributed by atoms with Crippen molar-refractivity contribution in [1.82, 2.24) is 0 Å². The van der Waals surface area contributed by atoms with Gasteiger partial charge in [0.2, 0.25) is 0 Å². The highest BCUT2D eigenvalue weighted by molar-refractivity contribution is 5.32. The van der Waals surface area contributed by atoms with Crippen molar-refractivity contribution in [1.29, 1.82) is 0 Å². The van der Waals surface area contributed by atoms with Crippen LogP contribution in [0.15, 0.2) is 0 Å². The van der Waals surface area contributed by atoms with E-state index >= 15 is 0 Å². The van der Waals surface area contributed by atoms with Crippen LogP contribution in [0.5, 0.6) is 0 Å². The molecule has 2 unspecified atom stereocenters. The quantitative estimate of drug-likeness (QED) is 0.547. The van der Waals surface area contributed by atoms with Crippen molar-refractivity contribution in [2.24, 2.45) is 33.5 Å². The Morgan fingerprint density at radius 3 is 1.53 bits per heavy atom. The van der Waals surface area contributed by atoms with Crippen molar-refractivity contribution in [2.75, 3.05) is 0 Å². The summed E-state index contributed by atoms with van der Waals surface area (Å²) in [5, 5.41) is 0. The van der Waals surface area contributed by atoms with Crippen molar-refractivity contribution < 1.29 is 0 Å². The third-order valence-corrected chi connectivity index (χ3v) is 7.65. The van der Waals surface area contributed by atoms with E-state index in [4.69, 9.17) is 0 Å². The smallest absolute Gasteiger partial charge is 0.0148 e. The predicted octanol–water partition coefficient (Wildman–Crippen LogP) is 4.49. The highest BCUT2D eigenvalue weighted by Crippen LogP contribution is 2.90. The molecule has 0 heterocycles. The Balaban J connectivity index is 2.08. The summed E-state index contributed by atoms with van der Waals surface area (Å²) >= 11 is 0. The van der Waals surface area contributed by atoms with Gasteiger partial charge in [-0.25, -0.2) is 0 Å². The molecule has 86 valence electrons.